The van der Waals surface area contributed by atoms with E-state index in [-0.39, 0.29) is 17.8 Å². The average Bonchev–Trinajstić information content (AvgIpc) is 3.04. The molecule has 0 heterocycles. The van der Waals surface area contributed by atoms with E-state index in [1.54, 1.807) is 18.2 Å². The summed E-state index contributed by atoms with van der Waals surface area (Å²) in [6.07, 6.45) is 1.57. The van der Waals surface area contributed by atoms with Gasteiger partial charge in [-0.15, -0.1) is 0 Å². The molecule has 2 rings (SSSR count). The van der Waals surface area contributed by atoms with Crippen LogP contribution in [-0.2, 0) is 4.79 Å². The predicted octanol–water partition coefficient (Wildman–Crippen LogP) is 2.26. The first-order chi connectivity index (χ1) is 8.49. The molecule has 92 valence electrons. The summed E-state index contributed by atoms with van der Waals surface area (Å²) in [5.41, 5.74) is -0.0731. The van der Waals surface area contributed by atoms with E-state index in [4.69, 9.17) is 0 Å². The highest BCUT2D eigenvalue weighted by atomic mass is 19.1. The topological polar surface area (TPSA) is 52.9 Å². The van der Waals surface area contributed by atoms with Gasteiger partial charge in [0.05, 0.1) is 6.07 Å². The lowest BCUT2D eigenvalue weighted by Crippen LogP contribution is -2.37. The molecule has 0 bridgehead atoms. The van der Waals surface area contributed by atoms with Crippen molar-refractivity contribution in [3.05, 3.63) is 41.7 Å². The highest BCUT2D eigenvalue weighted by Gasteiger charge is 2.52. The summed E-state index contributed by atoms with van der Waals surface area (Å²) in [7, 11) is 0. The summed E-state index contributed by atoms with van der Waals surface area (Å²) in [4.78, 5) is 12.0. The van der Waals surface area contributed by atoms with Gasteiger partial charge in [-0.2, -0.15) is 5.26 Å². The van der Waals surface area contributed by atoms with Gasteiger partial charge < -0.3 is 5.32 Å². The van der Waals surface area contributed by atoms with Crippen LogP contribution in [0, 0.1) is 22.6 Å². The number of carbonyl (C=O) groups excluding carboxylic acids is 1. The number of benzene rings is 1. The Morgan fingerprint density at radius 3 is 2.78 bits per heavy atom. The van der Waals surface area contributed by atoms with Crippen LogP contribution in [0.3, 0.4) is 0 Å². The molecule has 3 nitrogen and oxygen atoms in total. The minimum absolute atomic E-state index is 0.0366. The summed E-state index contributed by atoms with van der Waals surface area (Å²) >= 11 is 0. The van der Waals surface area contributed by atoms with Crippen molar-refractivity contribution in [3.63, 3.8) is 0 Å². The van der Waals surface area contributed by atoms with Crippen LogP contribution in [0.15, 0.2) is 30.3 Å². The van der Waals surface area contributed by atoms with E-state index in [2.05, 4.69) is 5.32 Å². The van der Waals surface area contributed by atoms with E-state index in [1.807, 2.05) is 19.9 Å². The Morgan fingerprint density at radius 2 is 2.22 bits per heavy atom. The van der Waals surface area contributed by atoms with Gasteiger partial charge in [-0.3, -0.25) is 4.79 Å². The van der Waals surface area contributed by atoms with E-state index >= 15 is 0 Å². The van der Waals surface area contributed by atoms with Gasteiger partial charge in [-0.1, -0.05) is 12.1 Å². The first kappa shape index (κ1) is 12.3. The summed E-state index contributed by atoms with van der Waals surface area (Å²) in [5.74, 6) is -0.726. The summed E-state index contributed by atoms with van der Waals surface area (Å²) in [6.45, 7) is 3.65. The van der Waals surface area contributed by atoms with Gasteiger partial charge in [0.2, 0.25) is 5.91 Å². The van der Waals surface area contributed by atoms with Crippen LogP contribution >= 0.6 is 0 Å². The molecule has 0 aliphatic heterocycles. The molecule has 0 saturated heterocycles. The van der Waals surface area contributed by atoms with Crippen LogP contribution in [0.5, 0.6) is 0 Å². The van der Waals surface area contributed by atoms with Crippen molar-refractivity contribution in [1.82, 2.24) is 5.32 Å². The molecule has 1 aromatic carbocycles. The minimum Gasteiger partial charge on any atom is -0.352 e. The Labute approximate surface area is 105 Å². The molecule has 0 aromatic heterocycles. The number of hydrogen-bond donors (Lipinski definition) is 1. The number of carbonyl (C=O) groups is 1. The minimum atomic E-state index is -1.22. The number of rotatable bonds is 3. The summed E-state index contributed by atoms with van der Waals surface area (Å²) in [5, 5.41) is 11.9. The second-order valence-electron chi connectivity index (χ2n) is 4.62. The lowest BCUT2D eigenvalue weighted by atomic mass is 9.96. The van der Waals surface area contributed by atoms with E-state index in [9.17, 15) is 14.4 Å². The van der Waals surface area contributed by atoms with E-state index in [0.29, 0.717) is 11.1 Å². The molecule has 1 aromatic rings. The van der Waals surface area contributed by atoms with Gasteiger partial charge >= 0.3 is 0 Å². The van der Waals surface area contributed by atoms with Crippen LogP contribution in [0.4, 0.5) is 4.39 Å². The van der Waals surface area contributed by atoms with E-state index < -0.39 is 5.41 Å². The lowest BCUT2D eigenvalue weighted by Gasteiger charge is -2.13. The smallest absolute Gasteiger partial charge is 0.249 e. The van der Waals surface area contributed by atoms with Crippen LogP contribution in [0.2, 0.25) is 0 Å². The second kappa shape index (κ2) is 4.26. The Kier molecular flexibility index (Phi) is 2.92. The Balaban J connectivity index is 2.22. The molecule has 0 unspecified atom stereocenters. The molecule has 4 heteroatoms. The molecule has 1 N–H and O–H groups in total. The van der Waals surface area contributed by atoms with Crippen LogP contribution in [-0.4, -0.2) is 11.9 Å². The largest absolute Gasteiger partial charge is 0.352 e. The summed E-state index contributed by atoms with van der Waals surface area (Å²) < 4.78 is 13.1. The lowest BCUT2D eigenvalue weighted by molar-refractivity contribution is -0.123. The van der Waals surface area contributed by atoms with Gasteiger partial charge in [-0.05, 0) is 43.2 Å². The number of hydrogen-bond acceptors (Lipinski definition) is 2. The Bertz CT molecular complexity index is 571. The fourth-order valence-corrected chi connectivity index (χ4v) is 1.85. The fourth-order valence-electron chi connectivity index (χ4n) is 1.85. The predicted molar refractivity (Wildman–Crippen MR) is 65.7 cm³/mol. The molecule has 0 saturated carbocycles. The molecular weight excluding hydrogens is 231 g/mol. The van der Waals surface area contributed by atoms with Crippen molar-refractivity contribution in [2.75, 3.05) is 0 Å². The normalized spacial score (nSPS) is 21.2. The SMILES string of the molecule is CC(C)NC(=O)[C@]1(C#N)C=C1c1cccc(F)c1. The van der Waals surface area contributed by atoms with Gasteiger partial charge in [0.1, 0.15) is 5.82 Å². The third kappa shape index (κ3) is 2.00. The highest BCUT2D eigenvalue weighted by Crippen LogP contribution is 2.50. The maximum atomic E-state index is 13.1. The van der Waals surface area contributed by atoms with Crippen molar-refractivity contribution in [2.24, 2.45) is 5.41 Å². The first-order valence-electron chi connectivity index (χ1n) is 5.71. The number of amides is 1. The molecular formula is C14H13FN2O. The molecule has 0 fully saturated rings. The van der Waals surface area contributed by atoms with Crippen molar-refractivity contribution in [1.29, 1.82) is 5.26 Å². The van der Waals surface area contributed by atoms with Crippen molar-refractivity contribution < 1.29 is 9.18 Å². The van der Waals surface area contributed by atoms with E-state index in [1.165, 1.54) is 12.1 Å². The molecule has 0 radical (unpaired) electrons. The standard InChI is InChI=1S/C14H13FN2O/c1-9(2)17-13(18)14(8-16)7-12(14)10-4-3-5-11(15)6-10/h3-7,9H,1-2H3,(H,17,18)/t14-/m0/s1. The van der Waals surface area contributed by atoms with Gasteiger partial charge in [0.15, 0.2) is 5.41 Å². The summed E-state index contributed by atoms with van der Waals surface area (Å²) in [6, 6.07) is 7.87. The van der Waals surface area contributed by atoms with Gasteiger partial charge in [-0.25, -0.2) is 4.39 Å². The van der Waals surface area contributed by atoms with Crippen LogP contribution in [0.25, 0.3) is 5.57 Å². The zero-order chi connectivity index (χ0) is 13.3. The average molecular weight is 244 g/mol. The number of nitrogens with zero attached hydrogens (tertiary/aromatic N) is 1. The highest BCUT2D eigenvalue weighted by molar-refractivity contribution is 6.11. The first-order valence-corrected chi connectivity index (χ1v) is 5.71. The molecule has 1 aliphatic carbocycles. The van der Waals surface area contributed by atoms with E-state index in [0.717, 1.165) is 0 Å². The van der Waals surface area contributed by atoms with Crippen LogP contribution in [0.1, 0.15) is 19.4 Å². The number of nitrogens with one attached hydrogen (secondary N) is 1. The Hall–Kier alpha value is -2.15. The second-order valence-corrected chi connectivity index (χ2v) is 4.62. The monoisotopic (exact) mass is 244 g/mol. The zero-order valence-electron chi connectivity index (χ0n) is 10.2. The van der Waals surface area contributed by atoms with Gasteiger partial charge in [0, 0.05) is 6.04 Å². The molecule has 1 aliphatic rings. The maximum Gasteiger partial charge on any atom is 0.249 e. The molecule has 0 spiro atoms. The fraction of sp³-hybridized carbons (Fsp3) is 0.286. The Morgan fingerprint density at radius 1 is 1.50 bits per heavy atom. The van der Waals surface area contributed by atoms with Crippen molar-refractivity contribution in [3.8, 4) is 6.07 Å². The molecule has 1 atom stereocenters. The maximum absolute atomic E-state index is 13.1. The zero-order valence-corrected chi connectivity index (χ0v) is 10.2. The third-order valence-corrected chi connectivity index (χ3v) is 2.79. The van der Waals surface area contributed by atoms with Gasteiger partial charge in [0.25, 0.3) is 0 Å². The number of halogens is 1. The number of nitriles is 1. The molecule has 18 heavy (non-hydrogen) atoms. The van der Waals surface area contributed by atoms with Crippen molar-refractivity contribution in [2.45, 2.75) is 19.9 Å². The quantitative estimate of drug-likeness (QED) is 0.886. The van der Waals surface area contributed by atoms with Crippen LogP contribution < -0.4 is 5.32 Å². The van der Waals surface area contributed by atoms with Crippen molar-refractivity contribution >= 4 is 11.5 Å². The molecule has 1 amide bonds. The third-order valence-electron chi connectivity index (χ3n) is 2.79.